The van der Waals surface area contributed by atoms with E-state index in [-0.39, 0.29) is 11.4 Å². The number of hydrogen-bond donors (Lipinski definition) is 2. The summed E-state index contributed by atoms with van der Waals surface area (Å²) in [5.41, 5.74) is 7.33. The molecular formula is C19H23N5O2S. The molecule has 0 aliphatic rings. The first-order chi connectivity index (χ1) is 13.0. The van der Waals surface area contributed by atoms with Crippen LogP contribution in [0.5, 0.6) is 0 Å². The molecule has 7 nitrogen and oxygen atoms in total. The van der Waals surface area contributed by atoms with Crippen molar-refractivity contribution in [3.63, 3.8) is 0 Å². The first-order valence-corrected chi connectivity index (χ1v) is 9.74. The maximum absolute atomic E-state index is 12.6. The van der Waals surface area contributed by atoms with Crippen LogP contribution in [0.25, 0.3) is 11.3 Å². The molecule has 8 heteroatoms. The van der Waals surface area contributed by atoms with Gasteiger partial charge in [0.2, 0.25) is 0 Å². The number of hydrogen-bond acceptors (Lipinski definition) is 6. The summed E-state index contributed by atoms with van der Waals surface area (Å²) in [6.45, 7) is 3.15. The molecule has 0 amide bonds. The highest BCUT2D eigenvalue weighted by molar-refractivity contribution is 7.14. The van der Waals surface area contributed by atoms with Gasteiger partial charge in [-0.15, -0.1) is 11.3 Å². The fraction of sp³-hybridized carbons (Fsp3) is 0.316. The summed E-state index contributed by atoms with van der Waals surface area (Å²) in [5, 5.41) is 5.79. The molecule has 1 aromatic carbocycles. The number of nitrogens with zero attached hydrogens (tertiary/aromatic N) is 3. The Labute approximate surface area is 161 Å². The Bertz CT molecular complexity index is 1040. The van der Waals surface area contributed by atoms with Crippen molar-refractivity contribution < 1.29 is 0 Å². The SMILES string of the molecule is CCCn1c(N)c(-c2csc(NCCc3ccccc3)n2)c(=O)n(C)c1=O. The summed E-state index contributed by atoms with van der Waals surface area (Å²) in [4.78, 5) is 29.4. The van der Waals surface area contributed by atoms with Gasteiger partial charge in [0, 0.05) is 25.5 Å². The fourth-order valence-electron chi connectivity index (χ4n) is 2.89. The van der Waals surface area contributed by atoms with E-state index in [0.29, 0.717) is 12.2 Å². The lowest BCUT2D eigenvalue weighted by Crippen LogP contribution is -2.40. The third-order valence-corrected chi connectivity index (χ3v) is 5.12. The van der Waals surface area contributed by atoms with Gasteiger partial charge in [0.1, 0.15) is 11.4 Å². The first kappa shape index (κ1) is 18.9. The van der Waals surface area contributed by atoms with E-state index in [1.165, 1.54) is 28.5 Å². The molecule has 2 aromatic heterocycles. The van der Waals surface area contributed by atoms with E-state index in [9.17, 15) is 9.59 Å². The first-order valence-electron chi connectivity index (χ1n) is 8.86. The lowest BCUT2D eigenvalue weighted by atomic mass is 10.1. The summed E-state index contributed by atoms with van der Waals surface area (Å²) in [6.07, 6.45) is 1.62. The molecule has 0 radical (unpaired) electrons. The predicted octanol–water partition coefficient (Wildman–Crippen LogP) is 2.32. The number of nitrogens with one attached hydrogen (secondary N) is 1. The lowest BCUT2D eigenvalue weighted by Gasteiger charge is -2.13. The minimum Gasteiger partial charge on any atom is -0.384 e. The molecule has 3 rings (SSSR count). The molecule has 27 heavy (non-hydrogen) atoms. The minimum absolute atomic E-state index is 0.172. The number of thiazole rings is 1. The number of aromatic nitrogens is 3. The summed E-state index contributed by atoms with van der Waals surface area (Å²) in [5.74, 6) is 0.172. The average molecular weight is 385 g/mol. The van der Waals surface area contributed by atoms with Crippen molar-refractivity contribution in [1.82, 2.24) is 14.1 Å². The topological polar surface area (TPSA) is 94.9 Å². The van der Waals surface area contributed by atoms with Crippen molar-refractivity contribution in [2.75, 3.05) is 17.6 Å². The maximum Gasteiger partial charge on any atom is 0.332 e. The quantitative estimate of drug-likeness (QED) is 0.651. The Morgan fingerprint density at radius 1 is 1.22 bits per heavy atom. The Kier molecular flexibility index (Phi) is 5.75. The number of anilines is 2. The van der Waals surface area contributed by atoms with Crippen LogP contribution < -0.4 is 22.3 Å². The van der Waals surface area contributed by atoms with E-state index in [4.69, 9.17) is 5.73 Å². The highest BCUT2D eigenvalue weighted by Gasteiger charge is 2.18. The predicted molar refractivity (Wildman–Crippen MR) is 110 cm³/mol. The molecule has 3 aromatic rings. The average Bonchev–Trinajstić information content (AvgIpc) is 3.13. The molecule has 0 aliphatic carbocycles. The van der Waals surface area contributed by atoms with Crippen LogP contribution in [-0.2, 0) is 20.0 Å². The van der Waals surface area contributed by atoms with Crippen LogP contribution in [0.3, 0.4) is 0 Å². The molecule has 0 unspecified atom stereocenters. The van der Waals surface area contributed by atoms with Crippen LogP contribution in [0.15, 0.2) is 45.3 Å². The Morgan fingerprint density at radius 3 is 2.67 bits per heavy atom. The third kappa shape index (κ3) is 3.95. The van der Waals surface area contributed by atoms with Gasteiger partial charge in [-0.1, -0.05) is 37.3 Å². The van der Waals surface area contributed by atoms with Gasteiger partial charge in [-0.2, -0.15) is 0 Å². The molecule has 0 spiro atoms. The van der Waals surface area contributed by atoms with Gasteiger partial charge in [0.05, 0.1) is 5.69 Å². The van der Waals surface area contributed by atoms with E-state index in [1.807, 2.05) is 25.1 Å². The van der Waals surface area contributed by atoms with E-state index in [2.05, 4.69) is 22.4 Å². The number of benzene rings is 1. The zero-order chi connectivity index (χ0) is 19.4. The highest BCUT2D eigenvalue weighted by atomic mass is 32.1. The highest BCUT2D eigenvalue weighted by Crippen LogP contribution is 2.26. The Balaban J connectivity index is 1.84. The Morgan fingerprint density at radius 2 is 1.96 bits per heavy atom. The van der Waals surface area contributed by atoms with Crippen LogP contribution in [0.2, 0.25) is 0 Å². The second kappa shape index (κ2) is 8.22. The van der Waals surface area contributed by atoms with Crippen LogP contribution in [0.1, 0.15) is 18.9 Å². The van der Waals surface area contributed by atoms with Crippen molar-refractivity contribution in [2.24, 2.45) is 7.05 Å². The molecule has 142 valence electrons. The maximum atomic E-state index is 12.6. The van der Waals surface area contributed by atoms with Gasteiger partial charge < -0.3 is 11.1 Å². The minimum atomic E-state index is -0.425. The molecule has 0 aliphatic heterocycles. The second-order valence-corrected chi connectivity index (χ2v) is 7.12. The number of nitrogen functional groups attached to an aromatic ring is 1. The summed E-state index contributed by atoms with van der Waals surface area (Å²) in [7, 11) is 1.46. The van der Waals surface area contributed by atoms with Crippen LogP contribution >= 0.6 is 11.3 Å². The molecule has 0 bridgehead atoms. The molecule has 0 saturated heterocycles. The van der Waals surface area contributed by atoms with Crippen molar-refractivity contribution in [2.45, 2.75) is 26.3 Å². The van der Waals surface area contributed by atoms with Crippen molar-refractivity contribution in [1.29, 1.82) is 0 Å². The molecule has 0 atom stereocenters. The largest absolute Gasteiger partial charge is 0.384 e. The monoisotopic (exact) mass is 385 g/mol. The zero-order valence-electron chi connectivity index (χ0n) is 15.4. The third-order valence-electron chi connectivity index (χ3n) is 4.32. The molecule has 0 fully saturated rings. The van der Waals surface area contributed by atoms with Gasteiger partial charge in [-0.25, -0.2) is 9.78 Å². The van der Waals surface area contributed by atoms with Gasteiger partial charge in [-0.3, -0.25) is 13.9 Å². The van der Waals surface area contributed by atoms with Crippen molar-refractivity contribution >= 4 is 22.3 Å². The lowest BCUT2D eigenvalue weighted by molar-refractivity contribution is 0.600. The van der Waals surface area contributed by atoms with Crippen molar-refractivity contribution in [3.05, 3.63) is 62.1 Å². The second-order valence-electron chi connectivity index (χ2n) is 6.26. The van der Waals surface area contributed by atoms with E-state index < -0.39 is 11.2 Å². The summed E-state index contributed by atoms with van der Waals surface area (Å²) in [6, 6.07) is 10.2. The molecular weight excluding hydrogens is 362 g/mol. The van der Waals surface area contributed by atoms with E-state index in [1.54, 1.807) is 5.38 Å². The molecule has 3 N–H and O–H groups in total. The van der Waals surface area contributed by atoms with Crippen LogP contribution in [-0.4, -0.2) is 20.7 Å². The molecule has 2 heterocycles. The normalized spacial score (nSPS) is 10.9. The Hall–Kier alpha value is -2.87. The standard InChI is InChI=1S/C19H23N5O2S/c1-3-11-24-16(20)15(17(25)23(2)19(24)26)14-12-27-18(22-14)21-10-9-13-7-5-4-6-8-13/h4-8,12H,3,9-11,20H2,1-2H3,(H,21,22). The fourth-order valence-corrected chi connectivity index (χ4v) is 3.62. The van der Waals surface area contributed by atoms with E-state index in [0.717, 1.165) is 29.1 Å². The number of nitrogens with two attached hydrogens (primary N) is 1. The van der Waals surface area contributed by atoms with Gasteiger partial charge in [-0.05, 0) is 18.4 Å². The van der Waals surface area contributed by atoms with Gasteiger partial charge in [0.15, 0.2) is 5.13 Å². The van der Waals surface area contributed by atoms with Gasteiger partial charge >= 0.3 is 5.69 Å². The summed E-state index contributed by atoms with van der Waals surface area (Å²) < 4.78 is 2.52. The van der Waals surface area contributed by atoms with Crippen molar-refractivity contribution in [3.8, 4) is 11.3 Å². The zero-order valence-corrected chi connectivity index (χ0v) is 16.3. The summed E-state index contributed by atoms with van der Waals surface area (Å²) >= 11 is 1.41. The number of rotatable bonds is 7. The van der Waals surface area contributed by atoms with E-state index >= 15 is 0 Å². The van der Waals surface area contributed by atoms with Gasteiger partial charge in [0.25, 0.3) is 5.56 Å². The van der Waals surface area contributed by atoms with Crippen LogP contribution in [0, 0.1) is 0 Å². The molecule has 0 saturated carbocycles. The van der Waals surface area contributed by atoms with Crippen LogP contribution in [0.4, 0.5) is 10.9 Å². The smallest absolute Gasteiger partial charge is 0.332 e.